The van der Waals surface area contributed by atoms with Crippen LogP contribution in [-0.2, 0) is 16.3 Å². The van der Waals surface area contributed by atoms with Crippen LogP contribution in [0, 0.1) is 0 Å². The predicted octanol–water partition coefficient (Wildman–Crippen LogP) is 4.27. The van der Waals surface area contributed by atoms with Crippen LogP contribution in [0.25, 0.3) is 0 Å². The summed E-state index contributed by atoms with van der Waals surface area (Å²) in [5.41, 5.74) is 1.50. The van der Waals surface area contributed by atoms with E-state index in [1.807, 2.05) is 18.2 Å². The van der Waals surface area contributed by atoms with E-state index in [1.54, 1.807) is 54.6 Å². The molecule has 3 rings (SSSR count). The second kappa shape index (κ2) is 11.8. The molecule has 0 bridgehead atoms. The van der Waals surface area contributed by atoms with Gasteiger partial charge in [-0.25, -0.2) is 13.4 Å². The number of nitrogens with zero attached hydrogens (tertiary/aromatic N) is 2. The van der Waals surface area contributed by atoms with Crippen LogP contribution in [-0.4, -0.2) is 34.9 Å². The molecule has 31 heavy (non-hydrogen) atoms. The van der Waals surface area contributed by atoms with Crippen molar-refractivity contribution in [3.63, 3.8) is 0 Å². The third-order valence-electron chi connectivity index (χ3n) is 4.87. The number of sulfone groups is 1. The van der Waals surface area contributed by atoms with Crippen LogP contribution in [0.5, 0.6) is 0 Å². The van der Waals surface area contributed by atoms with Gasteiger partial charge in [-0.05, 0) is 36.6 Å². The summed E-state index contributed by atoms with van der Waals surface area (Å²) in [6.45, 7) is 0. The van der Waals surface area contributed by atoms with E-state index in [0.717, 1.165) is 37.0 Å². The average molecular weight is 458 g/mol. The molecule has 0 unspecified atom stereocenters. The first-order chi connectivity index (χ1) is 15.0. The van der Waals surface area contributed by atoms with E-state index < -0.39 is 9.84 Å². The molecule has 0 radical (unpaired) electrons. The lowest BCUT2D eigenvalue weighted by atomic mass is 10.1. The van der Waals surface area contributed by atoms with Crippen molar-refractivity contribution in [2.45, 2.75) is 48.6 Å². The Labute approximate surface area is 187 Å². The molecule has 3 aromatic rings. The fourth-order valence-corrected chi connectivity index (χ4v) is 5.39. The van der Waals surface area contributed by atoms with Crippen molar-refractivity contribution < 1.29 is 8.42 Å². The van der Waals surface area contributed by atoms with Gasteiger partial charge < -0.3 is 4.98 Å². The maximum absolute atomic E-state index is 12.3. The minimum absolute atomic E-state index is 0.110. The topological polar surface area (TPSA) is 92.8 Å². The molecule has 1 N–H and O–H groups in total. The number of hydrogen-bond donors (Lipinski definition) is 1. The summed E-state index contributed by atoms with van der Waals surface area (Å²) in [5.74, 6) is 1.06. The summed E-state index contributed by atoms with van der Waals surface area (Å²) in [7, 11) is -3.17. The zero-order valence-electron chi connectivity index (χ0n) is 17.4. The van der Waals surface area contributed by atoms with Gasteiger partial charge in [-0.3, -0.25) is 9.78 Å². The lowest BCUT2D eigenvalue weighted by molar-refractivity contribution is 0.587. The molecule has 0 amide bonds. The normalized spacial score (nSPS) is 11.5. The SMILES string of the molecule is O=c1[nH]c(SCCCCCCCS(=O)(=O)c2ccccc2)ncc1Cc1cccnc1. The molecule has 6 nitrogen and oxygen atoms in total. The van der Waals surface area contributed by atoms with Crippen molar-refractivity contribution in [1.82, 2.24) is 15.0 Å². The van der Waals surface area contributed by atoms with Gasteiger partial charge in [-0.15, -0.1) is 0 Å². The fraction of sp³-hybridized carbons (Fsp3) is 0.348. The van der Waals surface area contributed by atoms with E-state index in [1.165, 1.54) is 0 Å². The maximum Gasteiger partial charge on any atom is 0.255 e. The number of nitrogens with one attached hydrogen (secondary N) is 1. The minimum Gasteiger partial charge on any atom is -0.301 e. The summed E-state index contributed by atoms with van der Waals surface area (Å²) in [6.07, 6.45) is 10.2. The molecule has 0 atom stereocenters. The van der Waals surface area contributed by atoms with Crippen molar-refractivity contribution in [2.75, 3.05) is 11.5 Å². The molecule has 0 aliphatic rings. The average Bonchev–Trinajstić information content (AvgIpc) is 2.78. The molecule has 0 aliphatic carbocycles. The third kappa shape index (κ3) is 7.63. The molecule has 2 heterocycles. The van der Waals surface area contributed by atoms with Gasteiger partial charge in [-0.2, -0.15) is 0 Å². The molecule has 0 spiro atoms. The first-order valence-electron chi connectivity index (χ1n) is 10.4. The smallest absolute Gasteiger partial charge is 0.255 e. The predicted molar refractivity (Wildman–Crippen MR) is 124 cm³/mol. The van der Waals surface area contributed by atoms with Crippen molar-refractivity contribution in [3.8, 4) is 0 Å². The lowest BCUT2D eigenvalue weighted by Gasteiger charge is -2.05. The Balaban J connectivity index is 1.31. The first kappa shape index (κ1) is 23.2. The zero-order valence-corrected chi connectivity index (χ0v) is 19.0. The molecule has 2 aromatic heterocycles. The molecule has 164 valence electrons. The number of rotatable bonds is 12. The Morgan fingerprint density at radius 3 is 2.42 bits per heavy atom. The molecule has 0 fully saturated rings. The standard InChI is InChI=1S/C23H27N3O3S2/c27-22-20(16-19-10-9-13-24-17-19)18-25-23(26-22)30-14-7-2-1-3-8-15-31(28,29)21-11-5-4-6-12-21/h4-6,9-13,17-18H,1-3,7-8,14-16H2,(H,25,26,27). The number of thioether (sulfide) groups is 1. The van der Waals surface area contributed by atoms with Crippen molar-refractivity contribution in [3.05, 3.63) is 82.5 Å². The van der Waals surface area contributed by atoms with Crippen LogP contribution in [0.2, 0.25) is 0 Å². The first-order valence-corrected chi connectivity index (χ1v) is 13.1. The zero-order chi connectivity index (χ0) is 21.9. The quantitative estimate of drug-likeness (QED) is 0.248. The van der Waals surface area contributed by atoms with E-state index in [-0.39, 0.29) is 11.3 Å². The molecular formula is C23H27N3O3S2. The van der Waals surface area contributed by atoms with E-state index >= 15 is 0 Å². The monoisotopic (exact) mass is 457 g/mol. The van der Waals surface area contributed by atoms with E-state index in [9.17, 15) is 13.2 Å². The highest BCUT2D eigenvalue weighted by Gasteiger charge is 2.12. The molecule has 1 aromatic carbocycles. The highest BCUT2D eigenvalue weighted by Crippen LogP contribution is 2.16. The van der Waals surface area contributed by atoms with Gasteiger partial charge in [0, 0.05) is 36.3 Å². The minimum atomic E-state index is -3.17. The van der Waals surface area contributed by atoms with Crippen LogP contribution in [0.15, 0.2) is 75.9 Å². The van der Waals surface area contributed by atoms with Crippen molar-refractivity contribution in [1.29, 1.82) is 0 Å². The summed E-state index contributed by atoms with van der Waals surface area (Å²) in [4.78, 5) is 23.9. The number of hydrogen-bond acceptors (Lipinski definition) is 6. The number of aromatic amines is 1. The fourth-order valence-electron chi connectivity index (χ4n) is 3.17. The summed E-state index contributed by atoms with van der Waals surface area (Å²) >= 11 is 1.54. The van der Waals surface area contributed by atoms with Gasteiger partial charge in [0.25, 0.3) is 5.56 Å². The Bertz CT molecular complexity index is 1100. The summed E-state index contributed by atoms with van der Waals surface area (Å²) in [6, 6.07) is 12.4. The number of pyridine rings is 1. The van der Waals surface area contributed by atoms with Gasteiger partial charge in [0.1, 0.15) is 0 Å². The van der Waals surface area contributed by atoms with Crippen LogP contribution in [0.3, 0.4) is 0 Å². The van der Waals surface area contributed by atoms with Gasteiger partial charge >= 0.3 is 0 Å². The highest BCUT2D eigenvalue weighted by atomic mass is 32.2. The highest BCUT2D eigenvalue weighted by molar-refractivity contribution is 7.99. The largest absolute Gasteiger partial charge is 0.301 e. The number of unbranched alkanes of at least 4 members (excludes halogenated alkanes) is 4. The van der Waals surface area contributed by atoms with Crippen molar-refractivity contribution in [2.24, 2.45) is 0 Å². The number of benzene rings is 1. The molecular weight excluding hydrogens is 430 g/mol. The maximum atomic E-state index is 12.3. The van der Waals surface area contributed by atoms with E-state index in [0.29, 0.717) is 28.5 Å². The molecule has 0 aliphatic heterocycles. The Hall–Kier alpha value is -2.45. The number of H-pyrrole nitrogens is 1. The second-order valence-electron chi connectivity index (χ2n) is 7.33. The van der Waals surface area contributed by atoms with Crippen LogP contribution < -0.4 is 5.56 Å². The molecule has 8 heteroatoms. The Kier molecular flexibility index (Phi) is 8.85. The van der Waals surface area contributed by atoms with Gasteiger partial charge in [0.05, 0.1) is 10.6 Å². The number of aromatic nitrogens is 3. The Morgan fingerprint density at radius 1 is 0.903 bits per heavy atom. The van der Waals surface area contributed by atoms with Gasteiger partial charge in [-0.1, -0.05) is 55.3 Å². The van der Waals surface area contributed by atoms with Gasteiger partial charge in [0.15, 0.2) is 15.0 Å². The van der Waals surface area contributed by atoms with Crippen LogP contribution >= 0.6 is 11.8 Å². The second-order valence-corrected chi connectivity index (χ2v) is 10.5. The lowest BCUT2D eigenvalue weighted by Crippen LogP contribution is -2.14. The molecule has 0 saturated heterocycles. The van der Waals surface area contributed by atoms with Crippen molar-refractivity contribution >= 4 is 21.6 Å². The van der Waals surface area contributed by atoms with E-state index in [4.69, 9.17) is 0 Å². The van der Waals surface area contributed by atoms with Gasteiger partial charge in [0.2, 0.25) is 0 Å². The summed E-state index contributed by atoms with van der Waals surface area (Å²) in [5, 5.41) is 0.633. The third-order valence-corrected chi connectivity index (χ3v) is 7.66. The van der Waals surface area contributed by atoms with E-state index in [2.05, 4.69) is 15.0 Å². The molecule has 0 saturated carbocycles. The summed E-state index contributed by atoms with van der Waals surface area (Å²) < 4.78 is 24.5. The Morgan fingerprint density at radius 2 is 1.68 bits per heavy atom. The van der Waals surface area contributed by atoms with Crippen LogP contribution in [0.1, 0.15) is 43.2 Å². The van der Waals surface area contributed by atoms with Crippen LogP contribution in [0.4, 0.5) is 0 Å².